The first-order valence-electron chi connectivity index (χ1n) is 6.16. The number of phenolic OH excluding ortho intramolecular Hbond substituents is 1. The Hall–Kier alpha value is -1.92. The van der Waals surface area contributed by atoms with Gasteiger partial charge in [-0.05, 0) is 19.2 Å². The molecule has 1 unspecified atom stereocenters. The standard InChI is InChI=1S/C13H15N3O3/c1-16-6-7-18-11(8-16)12-14-13(19-15-12)9-4-2-3-5-10(9)17/h2-5,11,17H,6-8H2,1H3. The third kappa shape index (κ3) is 2.45. The lowest BCUT2D eigenvalue weighted by atomic mass is 10.2. The smallest absolute Gasteiger partial charge is 0.261 e. The Morgan fingerprint density at radius 1 is 1.37 bits per heavy atom. The number of morpholine rings is 1. The van der Waals surface area contributed by atoms with Crippen molar-refractivity contribution in [3.05, 3.63) is 30.1 Å². The fourth-order valence-corrected chi connectivity index (χ4v) is 2.06. The Bertz CT molecular complexity index is 570. The van der Waals surface area contributed by atoms with Crippen LogP contribution in [0.15, 0.2) is 28.8 Å². The highest BCUT2D eigenvalue weighted by Crippen LogP contribution is 2.28. The number of hydrogen-bond acceptors (Lipinski definition) is 6. The quantitative estimate of drug-likeness (QED) is 0.882. The molecule has 0 spiro atoms. The van der Waals surface area contributed by atoms with Crippen molar-refractivity contribution in [2.24, 2.45) is 0 Å². The van der Waals surface area contributed by atoms with Crippen molar-refractivity contribution in [2.75, 3.05) is 26.7 Å². The molecule has 2 aromatic rings. The largest absolute Gasteiger partial charge is 0.507 e. The van der Waals surface area contributed by atoms with E-state index < -0.39 is 0 Å². The molecule has 2 heterocycles. The number of phenols is 1. The van der Waals surface area contributed by atoms with Gasteiger partial charge in [-0.2, -0.15) is 4.98 Å². The van der Waals surface area contributed by atoms with Gasteiger partial charge in [-0.3, -0.25) is 0 Å². The first kappa shape index (κ1) is 12.1. The van der Waals surface area contributed by atoms with E-state index in [1.165, 1.54) is 0 Å². The van der Waals surface area contributed by atoms with Gasteiger partial charge >= 0.3 is 0 Å². The minimum atomic E-state index is -0.179. The van der Waals surface area contributed by atoms with Gasteiger partial charge in [0.15, 0.2) is 0 Å². The van der Waals surface area contributed by atoms with E-state index in [1.807, 2.05) is 13.1 Å². The van der Waals surface area contributed by atoms with E-state index in [0.29, 0.717) is 23.9 Å². The molecule has 1 aliphatic rings. The van der Waals surface area contributed by atoms with E-state index in [9.17, 15) is 5.11 Å². The van der Waals surface area contributed by atoms with E-state index >= 15 is 0 Å². The molecule has 0 aliphatic carbocycles. The molecule has 1 aromatic carbocycles. The molecule has 1 fully saturated rings. The Labute approximate surface area is 110 Å². The summed E-state index contributed by atoms with van der Waals surface area (Å²) in [5.41, 5.74) is 0.533. The molecule has 0 radical (unpaired) electrons. The highest BCUT2D eigenvalue weighted by atomic mass is 16.5. The Balaban J connectivity index is 1.85. The number of benzene rings is 1. The van der Waals surface area contributed by atoms with Crippen LogP contribution in [0.25, 0.3) is 11.5 Å². The predicted octanol–water partition coefficient (Wildman–Crippen LogP) is 1.45. The summed E-state index contributed by atoms with van der Waals surface area (Å²) in [6.45, 7) is 2.29. The number of likely N-dealkylation sites (N-methyl/N-ethyl adjacent to an activating group) is 1. The lowest BCUT2D eigenvalue weighted by molar-refractivity contribution is -0.0264. The number of aromatic hydroxyl groups is 1. The van der Waals surface area contributed by atoms with Crippen molar-refractivity contribution in [3.63, 3.8) is 0 Å². The Morgan fingerprint density at radius 2 is 2.21 bits per heavy atom. The van der Waals surface area contributed by atoms with Gasteiger partial charge < -0.3 is 19.3 Å². The molecule has 1 atom stereocenters. The Kier molecular flexibility index (Phi) is 3.18. The molecule has 0 bridgehead atoms. The first-order chi connectivity index (χ1) is 9.24. The van der Waals surface area contributed by atoms with E-state index in [2.05, 4.69) is 15.0 Å². The van der Waals surface area contributed by atoms with Crippen LogP contribution in [0.2, 0.25) is 0 Å². The highest BCUT2D eigenvalue weighted by Gasteiger charge is 2.25. The maximum Gasteiger partial charge on any atom is 0.261 e. The molecule has 0 saturated carbocycles. The third-order valence-electron chi connectivity index (χ3n) is 3.13. The number of aromatic nitrogens is 2. The van der Waals surface area contributed by atoms with Gasteiger partial charge in [0.05, 0.1) is 12.2 Å². The minimum Gasteiger partial charge on any atom is -0.507 e. The van der Waals surface area contributed by atoms with E-state index in [-0.39, 0.29) is 11.9 Å². The molecule has 1 aliphatic heterocycles. The van der Waals surface area contributed by atoms with Crippen LogP contribution in [-0.2, 0) is 4.74 Å². The molecule has 1 N–H and O–H groups in total. The maximum absolute atomic E-state index is 9.76. The van der Waals surface area contributed by atoms with Gasteiger partial charge in [-0.1, -0.05) is 17.3 Å². The normalized spacial score (nSPS) is 20.6. The highest BCUT2D eigenvalue weighted by molar-refractivity contribution is 5.61. The zero-order valence-corrected chi connectivity index (χ0v) is 10.6. The van der Waals surface area contributed by atoms with E-state index in [0.717, 1.165) is 13.1 Å². The molecular weight excluding hydrogens is 246 g/mol. The number of hydrogen-bond donors (Lipinski definition) is 1. The van der Waals surface area contributed by atoms with Gasteiger partial charge in [-0.15, -0.1) is 0 Å². The van der Waals surface area contributed by atoms with Crippen molar-refractivity contribution >= 4 is 0 Å². The van der Waals surface area contributed by atoms with E-state index in [4.69, 9.17) is 9.26 Å². The lowest BCUT2D eigenvalue weighted by Crippen LogP contribution is -2.35. The predicted molar refractivity (Wildman–Crippen MR) is 67.6 cm³/mol. The summed E-state index contributed by atoms with van der Waals surface area (Å²) in [6, 6.07) is 6.88. The van der Waals surface area contributed by atoms with Crippen LogP contribution in [-0.4, -0.2) is 46.9 Å². The second-order valence-corrected chi connectivity index (χ2v) is 4.60. The van der Waals surface area contributed by atoms with Crippen molar-refractivity contribution in [3.8, 4) is 17.2 Å². The lowest BCUT2D eigenvalue weighted by Gasteiger charge is -2.27. The molecule has 0 amide bonds. The monoisotopic (exact) mass is 261 g/mol. The number of nitrogens with zero attached hydrogens (tertiary/aromatic N) is 3. The van der Waals surface area contributed by atoms with Crippen LogP contribution >= 0.6 is 0 Å². The van der Waals surface area contributed by atoms with Crippen LogP contribution in [0.4, 0.5) is 0 Å². The van der Waals surface area contributed by atoms with Crippen LogP contribution < -0.4 is 0 Å². The minimum absolute atomic E-state index is 0.124. The number of rotatable bonds is 2. The zero-order valence-electron chi connectivity index (χ0n) is 10.6. The molecule has 19 heavy (non-hydrogen) atoms. The van der Waals surface area contributed by atoms with Crippen molar-refractivity contribution in [1.29, 1.82) is 0 Å². The van der Waals surface area contributed by atoms with Crippen molar-refractivity contribution in [2.45, 2.75) is 6.10 Å². The molecule has 1 saturated heterocycles. The summed E-state index contributed by atoms with van der Waals surface area (Å²) >= 11 is 0. The van der Waals surface area contributed by atoms with E-state index in [1.54, 1.807) is 18.2 Å². The summed E-state index contributed by atoms with van der Waals surface area (Å²) in [7, 11) is 2.03. The molecule has 3 rings (SSSR count). The molecular formula is C13H15N3O3. The molecule has 1 aromatic heterocycles. The Morgan fingerprint density at radius 3 is 3.00 bits per heavy atom. The number of ether oxygens (including phenoxy) is 1. The third-order valence-corrected chi connectivity index (χ3v) is 3.13. The van der Waals surface area contributed by atoms with Gasteiger partial charge in [0.25, 0.3) is 5.89 Å². The average Bonchev–Trinajstić information content (AvgIpc) is 2.89. The van der Waals surface area contributed by atoms with Crippen molar-refractivity contribution < 1.29 is 14.4 Å². The summed E-state index contributed by atoms with van der Waals surface area (Å²) in [6.07, 6.45) is -0.179. The van der Waals surface area contributed by atoms with Gasteiger partial charge in [0.1, 0.15) is 11.9 Å². The zero-order chi connectivity index (χ0) is 13.2. The topological polar surface area (TPSA) is 71.6 Å². The summed E-state index contributed by atoms with van der Waals surface area (Å²) in [5.74, 6) is 0.953. The fraction of sp³-hybridized carbons (Fsp3) is 0.385. The SMILES string of the molecule is CN1CCOC(c2noc(-c3ccccc3O)n2)C1. The second-order valence-electron chi connectivity index (χ2n) is 4.60. The van der Waals surface area contributed by atoms with Crippen molar-refractivity contribution in [1.82, 2.24) is 15.0 Å². The van der Waals surface area contributed by atoms with Gasteiger partial charge in [-0.25, -0.2) is 0 Å². The summed E-state index contributed by atoms with van der Waals surface area (Å²) < 4.78 is 10.8. The van der Waals surface area contributed by atoms with Gasteiger partial charge in [0.2, 0.25) is 5.82 Å². The van der Waals surface area contributed by atoms with Crippen LogP contribution in [0.3, 0.4) is 0 Å². The molecule has 6 nitrogen and oxygen atoms in total. The summed E-state index contributed by atoms with van der Waals surface area (Å²) in [4.78, 5) is 6.47. The van der Waals surface area contributed by atoms with Crippen LogP contribution in [0.1, 0.15) is 11.9 Å². The molecule has 6 heteroatoms. The summed E-state index contributed by atoms with van der Waals surface area (Å²) in [5, 5.41) is 13.7. The number of para-hydroxylation sites is 1. The van der Waals surface area contributed by atoms with Crippen LogP contribution in [0.5, 0.6) is 5.75 Å². The van der Waals surface area contributed by atoms with Gasteiger partial charge in [0, 0.05) is 13.1 Å². The molecule has 100 valence electrons. The van der Waals surface area contributed by atoms with Crippen LogP contribution in [0, 0.1) is 0 Å². The fourth-order valence-electron chi connectivity index (χ4n) is 2.06. The average molecular weight is 261 g/mol. The second kappa shape index (κ2) is 4.99. The first-order valence-corrected chi connectivity index (χ1v) is 6.16. The maximum atomic E-state index is 9.76.